The molecule has 6 heteroatoms. The summed E-state index contributed by atoms with van der Waals surface area (Å²) < 4.78 is 5.87. The first-order valence-electron chi connectivity index (χ1n) is 9.14. The third-order valence-electron chi connectivity index (χ3n) is 4.75. The first-order chi connectivity index (χ1) is 12.1. The van der Waals surface area contributed by atoms with Crippen LogP contribution in [0.3, 0.4) is 0 Å². The fraction of sp³-hybridized carbons (Fsp3) is 0.632. The molecule has 1 saturated heterocycles. The van der Waals surface area contributed by atoms with Gasteiger partial charge in [0.25, 0.3) is 0 Å². The number of aromatic nitrogens is 1. The van der Waals surface area contributed by atoms with Crippen LogP contribution in [0.4, 0.5) is 0 Å². The van der Waals surface area contributed by atoms with E-state index in [-0.39, 0.29) is 6.61 Å². The number of aliphatic hydroxyl groups is 1. The molecule has 0 radical (unpaired) electrons. The summed E-state index contributed by atoms with van der Waals surface area (Å²) in [6.07, 6.45) is 0.835. The highest BCUT2D eigenvalue weighted by Gasteiger charge is 2.28. The van der Waals surface area contributed by atoms with Gasteiger partial charge in [0.2, 0.25) is 5.89 Å². The minimum atomic E-state index is 0.249. The summed E-state index contributed by atoms with van der Waals surface area (Å²) in [6.45, 7) is 11.8. The summed E-state index contributed by atoms with van der Waals surface area (Å²) in [7, 11) is 0. The Kier molecular flexibility index (Phi) is 6.28. The zero-order valence-corrected chi connectivity index (χ0v) is 16.3. The van der Waals surface area contributed by atoms with Crippen LogP contribution in [0, 0.1) is 12.8 Å². The van der Waals surface area contributed by atoms with Crippen LogP contribution in [0.1, 0.15) is 31.7 Å². The standard InChI is InChI=1S/C19H29N3O2S/c1-14(2)11-22-8-7-21(12-16(22)6-9-23)13-17-15(3)24-19(20-17)18-5-4-10-25-18/h4-5,10,14,16,23H,6-9,11-13H2,1-3H3/t16-/m1/s1. The highest BCUT2D eigenvalue weighted by molar-refractivity contribution is 7.13. The Labute approximate surface area is 154 Å². The molecule has 0 aromatic carbocycles. The molecule has 1 aliphatic rings. The monoisotopic (exact) mass is 363 g/mol. The van der Waals surface area contributed by atoms with Crippen molar-refractivity contribution in [2.24, 2.45) is 5.92 Å². The van der Waals surface area contributed by atoms with Gasteiger partial charge in [-0.25, -0.2) is 4.98 Å². The van der Waals surface area contributed by atoms with Gasteiger partial charge >= 0.3 is 0 Å². The third-order valence-corrected chi connectivity index (χ3v) is 5.61. The highest BCUT2D eigenvalue weighted by atomic mass is 32.1. The van der Waals surface area contributed by atoms with Crippen molar-refractivity contribution in [3.05, 3.63) is 29.0 Å². The van der Waals surface area contributed by atoms with Gasteiger partial charge in [-0.2, -0.15) is 0 Å². The fourth-order valence-electron chi connectivity index (χ4n) is 3.53. The molecule has 0 aliphatic carbocycles. The summed E-state index contributed by atoms with van der Waals surface area (Å²) in [5, 5.41) is 11.5. The van der Waals surface area contributed by atoms with Crippen molar-refractivity contribution in [2.75, 3.05) is 32.8 Å². The molecule has 1 N–H and O–H groups in total. The lowest BCUT2D eigenvalue weighted by Gasteiger charge is -2.42. The minimum Gasteiger partial charge on any atom is -0.440 e. The Bertz CT molecular complexity index is 654. The van der Waals surface area contributed by atoms with Crippen LogP contribution < -0.4 is 0 Å². The Morgan fingerprint density at radius 2 is 2.24 bits per heavy atom. The van der Waals surface area contributed by atoms with Crippen LogP contribution in [-0.4, -0.2) is 58.7 Å². The number of aliphatic hydroxyl groups excluding tert-OH is 1. The average molecular weight is 364 g/mol. The van der Waals surface area contributed by atoms with Gasteiger partial charge in [0.1, 0.15) is 5.76 Å². The predicted molar refractivity (Wildman–Crippen MR) is 102 cm³/mol. The fourth-order valence-corrected chi connectivity index (χ4v) is 4.17. The van der Waals surface area contributed by atoms with Crippen molar-refractivity contribution in [2.45, 2.75) is 39.8 Å². The maximum atomic E-state index is 9.43. The van der Waals surface area contributed by atoms with E-state index in [9.17, 15) is 5.11 Å². The van der Waals surface area contributed by atoms with E-state index < -0.39 is 0 Å². The van der Waals surface area contributed by atoms with Crippen molar-refractivity contribution < 1.29 is 9.52 Å². The molecule has 0 unspecified atom stereocenters. The second-order valence-electron chi connectivity index (χ2n) is 7.29. The van der Waals surface area contributed by atoms with Gasteiger partial charge < -0.3 is 9.52 Å². The molecule has 0 bridgehead atoms. The number of nitrogens with zero attached hydrogens (tertiary/aromatic N) is 3. The molecule has 0 saturated carbocycles. The van der Waals surface area contributed by atoms with E-state index >= 15 is 0 Å². The molecule has 1 aliphatic heterocycles. The molecule has 2 aromatic heterocycles. The third kappa shape index (κ3) is 4.70. The first kappa shape index (κ1) is 18.6. The molecule has 2 aromatic rings. The SMILES string of the molecule is Cc1oc(-c2cccs2)nc1CN1CCN(CC(C)C)[C@H](CCO)C1. The summed E-state index contributed by atoms with van der Waals surface area (Å²) in [5.41, 5.74) is 1.03. The van der Waals surface area contributed by atoms with Gasteiger partial charge in [0.05, 0.1) is 10.6 Å². The maximum absolute atomic E-state index is 9.43. The van der Waals surface area contributed by atoms with E-state index in [0.29, 0.717) is 12.0 Å². The number of aryl methyl sites for hydroxylation is 1. The van der Waals surface area contributed by atoms with Gasteiger partial charge in [-0.05, 0) is 30.7 Å². The maximum Gasteiger partial charge on any atom is 0.236 e. The lowest BCUT2D eigenvalue weighted by Crippen LogP contribution is -2.53. The summed E-state index contributed by atoms with van der Waals surface area (Å²) in [5.74, 6) is 2.29. The smallest absolute Gasteiger partial charge is 0.236 e. The number of rotatable bonds is 7. The largest absolute Gasteiger partial charge is 0.440 e. The van der Waals surface area contributed by atoms with Gasteiger partial charge in [-0.1, -0.05) is 19.9 Å². The predicted octanol–water partition coefficient (Wildman–Crippen LogP) is 3.24. The first-order valence-corrected chi connectivity index (χ1v) is 10.0. The van der Waals surface area contributed by atoms with Crippen molar-refractivity contribution in [1.29, 1.82) is 0 Å². The summed E-state index contributed by atoms with van der Waals surface area (Å²) in [6, 6.07) is 4.49. The molecule has 1 atom stereocenters. The van der Waals surface area contributed by atoms with Gasteiger partial charge in [-0.3, -0.25) is 9.80 Å². The number of thiophene rings is 1. The molecule has 1 fully saturated rings. The van der Waals surface area contributed by atoms with Crippen molar-refractivity contribution in [1.82, 2.24) is 14.8 Å². The van der Waals surface area contributed by atoms with E-state index in [4.69, 9.17) is 9.40 Å². The lowest BCUT2D eigenvalue weighted by atomic mass is 10.1. The number of oxazole rings is 1. The molecule has 0 spiro atoms. The van der Waals surface area contributed by atoms with E-state index in [2.05, 4.69) is 23.6 Å². The zero-order valence-electron chi connectivity index (χ0n) is 15.4. The normalized spacial score (nSPS) is 19.8. The Hall–Kier alpha value is -1.21. The Morgan fingerprint density at radius 3 is 2.92 bits per heavy atom. The molecular weight excluding hydrogens is 334 g/mol. The molecule has 138 valence electrons. The Morgan fingerprint density at radius 1 is 1.40 bits per heavy atom. The van der Waals surface area contributed by atoms with Crippen molar-refractivity contribution >= 4 is 11.3 Å². The van der Waals surface area contributed by atoms with E-state index in [1.165, 1.54) is 0 Å². The van der Waals surface area contributed by atoms with Gasteiger partial charge in [0, 0.05) is 45.4 Å². The van der Waals surface area contributed by atoms with Gasteiger partial charge in [0.15, 0.2) is 0 Å². The molecule has 3 rings (SSSR count). The van der Waals surface area contributed by atoms with E-state index in [1.807, 2.05) is 24.4 Å². The van der Waals surface area contributed by atoms with Crippen LogP contribution in [0.5, 0.6) is 0 Å². The average Bonchev–Trinajstić information content (AvgIpc) is 3.20. The van der Waals surface area contributed by atoms with Crippen molar-refractivity contribution in [3.63, 3.8) is 0 Å². The lowest BCUT2D eigenvalue weighted by molar-refractivity contribution is 0.0470. The van der Waals surface area contributed by atoms with Crippen LogP contribution >= 0.6 is 11.3 Å². The number of hydrogen-bond donors (Lipinski definition) is 1. The number of piperazine rings is 1. The van der Waals surface area contributed by atoms with Crippen molar-refractivity contribution in [3.8, 4) is 10.8 Å². The topological polar surface area (TPSA) is 52.7 Å². The van der Waals surface area contributed by atoms with Gasteiger partial charge in [-0.15, -0.1) is 11.3 Å². The minimum absolute atomic E-state index is 0.249. The quantitative estimate of drug-likeness (QED) is 0.818. The molecule has 0 amide bonds. The molecule has 5 nitrogen and oxygen atoms in total. The summed E-state index contributed by atoms with van der Waals surface area (Å²) >= 11 is 1.65. The summed E-state index contributed by atoms with van der Waals surface area (Å²) in [4.78, 5) is 10.8. The Balaban J connectivity index is 1.65. The van der Waals surface area contributed by atoms with Crippen LogP contribution in [0.25, 0.3) is 10.8 Å². The molecule has 3 heterocycles. The van der Waals surface area contributed by atoms with E-state index in [0.717, 1.165) is 61.4 Å². The number of hydrogen-bond acceptors (Lipinski definition) is 6. The second kappa shape index (κ2) is 8.45. The highest BCUT2D eigenvalue weighted by Crippen LogP contribution is 2.27. The van der Waals surface area contributed by atoms with Crippen LogP contribution in [0.2, 0.25) is 0 Å². The molecule has 25 heavy (non-hydrogen) atoms. The molecular formula is C19H29N3O2S. The van der Waals surface area contributed by atoms with Crippen LogP contribution in [0.15, 0.2) is 21.9 Å². The second-order valence-corrected chi connectivity index (χ2v) is 8.24. The van der Waals surface area contributed by atoms with E-state index in [1.54, 1.807) is 11.3 Å². The zero-order chi connectivity index (χ0) is 17.8. The van der Waals surface area contributed by atoms with Crippen LogP contribution in [-0.2, 0) is 6.54 Å².